The zero-order valence-corrected chi connectivity index (χ0v) is 17.0. The van der Waals surface area contributed by atoms with Crippen LogP contribution in [-0.2, 0) is 25.0 Å². The van der Waals surface area contributed by atoms with Crippen LogP contribution in [0.3, 0.4) is 0 Å². The molecule has 8 heteroatoms. The van der Waals surface area contributed by atoms with Crippen molar-refractivity contribution >= 4 is 19.4 Å². The van der Waals surface area contributed by atoms with Crippen LogP contribution in [0.25, 0.3) is 0 Å². The predicted molar refractivity (Wildman–Crippen MR) is 74.3 cm³/mol. The van der Waals surface area contributed by atoms with E-state index in [-0.39, 0.29) is 59.5 Å². The Kier molecular flexibility index (Phi) is 6.51. The Bertz CT molecular complexity index is 373. The number of rotatable bonds is 3. The summed E-state index contributed by atoms with van der Waals surface area (Å²) >= 11 is -2.15. The van der Waals surface area contributed by atoms with Gasteiger partial charge >= 0.3 is 29.6 Å². The van der Waals surface area contributed by atoms with Gasteiger partial charge in [-0.05, 0) is 29.2 Å². The predicted octanol–water partition coefficient (Wildman–Crippen LogP) is -1.57. The second-order valence-corrected chi connectivity index (χ2v) is 12.7. The van der Waals surface area contributed by atoms with Crippen LogP contribution in [0.15, 0.2) is 0 Å². The summed E-state index contributed by atoms with van der Waals surface area (Å²) in [7, 11) is -1.89. The molecule has 5 nitrogen and oxygen atoms in total. The Labute approximate surface area is 146 Å². The van der Waals surface area contributed by atoms with Crippen LogP contribution in [0.5, 0.6) is 0 Å². The van der Waals surface area contributed by atoms with Crippen molar-refractivity contribution in [3.05, 3.63) is 0 Å². The Morgan fingerprint density at radius 2 is 1.75 bits per heavy atom. The molecule has 0 saturated carbocycles. The van der Waals surface area contributed by atoms with Crippen LogP contribution < -0.4 is 29.6 Å². The van der Waals surface area contributed by atoms with Gasteiger partial charge in [0.05, 0.1) is 24.6 Å². The molecule has 0 aromatic heterocycles. The number of ether oxygens (including phenoxy) is 2. The summed E-state index contributed by atoms with van der Waals surface area (Å²) in [6, 6.07) is 0. The summed E-state index contributed by atoms with van der Waals surface area (Å²) in [5.74, 6) is 0. The van der Waals surface area contributed by atoms with Gasteiger partial charge in [-0.15, -0.1) is 0 Å². The van der Waals surface area contributed by atoms with Crippen LogP contribution in [0.2, 0.25) is 18.1 Å². The van der Waals surface area contributed by atoms with E-state index in [1.54, 1.807) is 0 Å². The Morgan fingerprint density at radius 3 is 2.25 bits per heavy atom. The first-order chi connectivity index (χ1) is 8.63. The molecule has 2 fully saturated rings. The maximum Gasteiger partial charge on any atom is 1.00 e. The van der Waals surface area contributed by atoms with E-state index < -0.39 is 24.6 Å². The third-order valence-electron chi connectivity index (χ3n) is 4.46. The average Bonchev–Trinajstić information content (AvgIpc) is 2.78. The van der Waals surface area contributed by atoms with E-state index in [0.717, 1.165) is 0 Å². The summed E-state index contributed by atoms with van der Waals surface area (Å²) in [5, 5.41) is -0.442. The van der Waals surface area contributed by atoms with Crippen molar-refractivity contribution in [3.63, 3.8) is 0 Å². The van der Waals surface area contributed by atoms with E-state index in [9.17, 15) is 8.76 Å². The van der Waals surface area contributed by atoms with E-state index in [0.29, 0.717) is 6.61 Å². The normalized spacial score (nSPS) is 35.5. The van der Waals surface area contributed by atoms with Gasteiger partial charge in [0.15, 0.2) is 8.32 Å². The summed E-state index contributed by atoms with van der Waals surface area (Å²) in [6.07, 6.45) is -0.746. The van der Waals surface area contributed by atoms with Crippen molar-refractivity contribution in [1.82, 2.24) is 0 Å². The van der Waals surface area contributed by atoms with Crippen molar-refractivity contribution in [2.45, 2.75) is 62.5 Å². The molecule has 0 spiro atoms. The van der Waals surface area contributed by atoms with E-state index in [1.165, 1.54) is 0 Å². The fraction of sp³-hybridized carbons (Fsp3) is 1.00. The zero-order chi connectivity index (χ0) is 14.4. The first-order valence-corrected chi connectivity index (χ1v) is 10.7. The summed E-state index contributed by atoms with van der Waals surface area (Å²) in [5.41, 5.74) is 0. The van der Waals surface area contributed by atoms with Crippen LogP contribution >= 0.6 is 0 Å². The smallest absolute Gasteiger partial charge is 0.772 e. The van der Waals surface area contributed by atoms with Crippen LogP contribution in [-0.4, -0.2) is 53.9 Å². The van der Waals surface area contributed by atoms with Crippen molar-refractivity contribution < 1.29 is 52.2 Å². The molecule has 0 bridgehead atoms. The molecule has 2 aliphatic rings. The number of hydrogen-bond acceptors (Lipinski definition) is 5. The van der Waals surface area contributed by atoms with Gasteiger partial charge in [-0.1, -0.05) is 20.8 Å². The maximum absolute atomic E-state index is 11.1. The molecule has 0 radical (unpaired) electrons. The molecule has 0 aromatic rings. The van der Waals surface area contributed by atoms with Crippen molar-refractivity contribution in [2.75, 3.05) is 13.2 Å². The largest absolute Gasteiger partial charge is 1.00 e. The van der Waals surface area contributed by atoms with Crippen molar-refractivity contribution in [3.8, 4) is 0 Å². The van der Waals surface area contributed by atoms with E-state index in [4.69, 9.17) is 13.9 Å². The molecule has 0 aromatic carbocycles. The van der Waals surface area contributed by atoms with Crippen LogP contribution in [0.4, 0.5) is 0 Å². The topological polar surface area (TPSA) is 67.8 Å². The Morgan fingerprint density at radius 1 is 1.20 bits per heavy atom. The molecule has 1 unspecified atom stereocenters. The minimum atomic E-state index is -2.15. The summed E-state index contributed by atoms with van der Waals surface area (Å²) < 4.78 is 39.7. The fourth-order valence-corrected chi connectivity index (χ4v) is 4.21. The molecule has 0 amide bonds. The number of fused-ring (bicyclic) bond motifs is 1. The van der Waals surface area contributed by atoms with Gasteiger partial charge in [0.2, 0.25) is 0 Å². The van der Waals surface area contributed by atoms with E-state index in [2.05, 4.69) is 33.9 Å². The molecule has 0 N–H and O–H groups in total. The molecule has 2 aliphatic heterocycles. The van der Waals surface area contributed by atoms with E-state index >= 15 is 0 Å². The second kappa shape index (κ2) is 6.76. The second-order valence-electron chi connectivity index (χ2n) is 6.81. The van der Waals surface area contributed by atoms with Crippen LogP contribution in [0, 0.1) is 0 Å². The Hall–Kier alpha value is 1.21. The maximum atomic E-state index is 11.1. The molecular weight excluding hydrogens is 307 g/mol. The minimum Gasteiger partial charge on any atom is -0.772 e. The first kappa shape index (κ1) is 19.3. The monoisotopic (exact) mass is 330 g/mol. The molecule has 112 valence electrons. The standard InChI is InChI=1S/C12H24O5SSi.Na/c1-12(2,3)19(4,5)17-8-6-15-11-9(18(13)14)7-16-10(8)11;/h8-11H,6-7H2,1-5H3,(H,13,14);/q;+1/p-1/t8-,9+,10-,11-;/m1./s1. The summed E-state index contributed by atoms with van der Waals surface area (Å²) in [4.78, 5) is 0. The fourth-order valence-electron chi connectivity index (χ4n) is 2.25. The third kappa shape index (κ3) is 3.75. The molecule has 2 rings (SSSR count). The SMILES string of the molecule is CC(C)(C)[Si](C)(C)O[C@@H]1CO[C@H]2[C@@H]1OC[C@@H]2S(=O)[O-].[Na+]. The quantitative estimate of drug-likeness (QED) is 0.462. The van der Waals surface area contributed by atoms with Gasteiger partial charge in [0, 0.05) is 0 Å². The van der Waals surface area contributed by atoms with Crippen molar-refractivity contribution in [1.29, 1.82) is 0 Å². The van der Waals surface area contributed by atoms with Gasteiger partial charge in [-0.2, -0.15) is 0 Å². The minimum absolute atomic E-state index is 0. The average molecular weight is 330 g/mol. The third-order valence-corrected chi connectivity index (χ3v) is 9.87. The molecule has 5 atom stereocenters. The van der Waals surface area contributed by atoms with Gasteiger partial charge in [0.25, 0.3) is 0 Å². The zero-order valence-electron chi connectivity index (χ0n) is 13.2. The molecule has 2 heterocycles. The van der Waals surface area contributed by atoms with Crippen LogP contribution in [0.1, 0.15) is 20.8 Å². The van der Waals surface area contributed by atoms with E-state index in [1.807, 2.05) is 0 Å². The Balaban J connectivity index is 0.00000200. The molecule has 0 aliphatic carbocycles. The van der Waals surface area contributed by atoms with Gasteiger partial charge in [0.1, 0.15) is 12.2 Å². The van der Waals surface area contributed by atoms with Crippen molar-refractivity contribution in [2.24, 2.45) is 0 Å². The van der Waals surface area contributed by atoms with Gasteiger partial charge in [-0.3, -0.25) is 4.21 Å². The van der Waals surface area contributed by atoms with Gasteiger partial charge in [-0.25, -0.2) is 0 Å². The van der Waals surface area contributed by atoms with Gasteiger partial charge < -0.3 is 18.5 Å². The molecular formula is C12H23NaO5SSi. The molecule has 2 saturated heterocycles. The number of hydrogen-bond donors (Lipinski definition) is 0. The molecule has 20 heavy (non-hydrogen) atoms. The summed E-state index contributed by atoms with van der Waals surface area (Å²) in [6.45, 7) is 11.5. The first-order valence-electron chi connectivity index (χ1n) is 6.62.